The Labute approximate surface area is 206 Å². The molecule has 6 nitrogen and oxygen atoms in total. The van der Waals surface area contributed by atoms with Crippen molar-refractivity contribution in [2.24, 2.45) is 11.5 Å². The van der Waals surface area contributed by atoms with Crippen LogP contribution < -0.4 is 27.4 Å². The summed E-state index contributed by atoms with van der Waals surface area (Å²) in [5.74, 6) is 0. The van der Waals surface area contributed by atoms with Crippen molar-refractivity contribution in [2.45, 2.75) is 32.0 Å². The Balaban J connectivity index is 0.000000277. The second-order valence-corrected chi connectivity index (χ2v) is 8.08. The van der Waals surface area contributed by atoms with Crippen LogP contribution in [0.1, 0.15) is 24.0 Å². The molecule has 2 aromatic carbocycles. The van der Waals surface area contributed by atoms with E-state index >= 15 is 0 Å². The number of rotatable bonds is 10. The zero-order valence-corrected chi connectivity index (χ0v) is 21.0. The summed E-state index contributed by atoms with van der Waals surface area (Å²) in [7, 11) is 4.05. The van der Waals surface area contributed by atoms with Crippen LogP contribution in [-0.2, 0) is 13.1 Å². The number of benzene rings is 2. The fourth-order valence-electron chi connectivity index (χ4n) is 3.47. The predicted molar refractivity (Wildman–Crippen MR) is 147 cm³/mol. The van der Waals surface area contributed by atoms with Gasteiger partial charge in [-0.1, -0.05) is 73.3 Å². The summed E-state index contributed by atoms with van der Waals surface area (Å²) < 4.78 is 0. The van der Waals surface area contributed by atoms with E-state index in [1.807, 2.05) is 43.4 Å². The number of likely N-dealkylation sites (N-methyl/N-ethyl adjacent to an activating group) is 2. The Morgan fingerprint density at radius 1 is 1.06 bits per heavy atom. The van der Waals surface area contributed by atoms with Crippen molar-refractivity contribution in [1.29, 1.82) is 0 Å². The van der Waals surface area contributed by atoms with Gasteiger partial charge >= 0.3 is 0 Å². The molecule has 6 heteroatoms. The first-order chi connectivity index (χ1) is 16.5. The minimum absolute atomic E-state index is 0.517. The van der Waals surface area contributed by atoms with Crippen LogP contribution in [0.5, 0.6) is 0 Å². The van der Waals surface area contributed by atoms with Crippen LogP contribution in [0.4, 0.5) is 0 Å². The molecule has 0 aliphatic carbocycles. The molecule has 1 fully saturated rings. The van der Waals surface area contributed by atoms with Crippen molar-refractivity contribution < 1.29 is 0 Å². The molecule has 34 heavy (non-hydrogen) atoms. The SMILES string of the molecule is C=C(NCc1ccccc1)C1CCCN1C.C=CCN/C(=C\N)CNC.NCc1ccccc1. The normalized spacial score (nSPS) is 15.3. The lowest BCUT2D eigenvalue weighted by Crippen LogP contribution is -2.32. The fourth-order valence-corrected chi connectivity index (χ4v) is 3.47. The van der Waals surface area contributed by atoms with Crippen LogP contribution in [-0.4, -0.2) is 44.7 Å². The van der Waals surface area contributed by atoms with E-state index in [2.05, 4.69) is 65.3 Å². The summed E-state index contributed by atoms with van der Waals surface area (Å²) >= 11 is 0. The smallest absolute Gasteiger partial charge is 0.0486 e. The van der Waals surface area contributed by atoms with E-state index in [-0.39, 0.29) is 0 Å². The summed E-state index contributed by atoms with van der Waals surface area (Å²) in [6.07, 6.45) is 5.86. The Morgan fingerprint density at radius 3 is 2.12 bits per heavy atom. The molecule has 1 aliphatic heterocycles. The zero-order chi connectivity index (χ0) is 25.0. The van der Waals surface area contributed by atoms with Crippen molar-refractivity contribution >= 4 is 0 Å². The summed E-state index contributed by atoms with van der Waals surface area (Å²) in [5.41, 5.74) is 15.3. The average molecular weight is 465 g/mol. The molecular weight excluding hydrogens is 420 g/mol. The molecule has 0 saturated carbocycles. The van der Waals surface area contributed by atoms with Gasteiger partial charge in [0.05, 0.1) is 0 Å². The molecule has 3 rings (SSSR count). The maximum atomic E-state index is 5.35. The van der Waals surface area contributed by atoms with Gasteiger partial charge in [-0.05, 0) is 44.6 Å². The molecule has 2 aromatic rings. The third-order valence-corrected chi connectivity index (χ3v) is 5.41. The molecule has 1 unspecified atom stereocenters. The average Bonchev–Trinajstić information content (AvgIpc) is 3.33. The highest BCUT2D eigenvalue weighted by molar-refractivity contribution is 5.16. The second kappa shape index (κ2) is 18.4. The number of hydrogen-bond acceptors (Lipinski definition) is 6. The largest absolute Gasteiger partial charge is 0.403 e. The van der Waals surface area contributed by atoms with Crippen molar-refractivity contribution in [3.8, 4) is 0 Å². The van der Waals surface area contributed by atoms with Gasteiger partial charge in [0.25, 0.3) is 0 Å². The van der Waals surface area contributed by atoms with Crippen molar-refractivity contribution in [1.82, 2.24) is 20.9 Å². The minimum Gasteiger partial charge on any atom is -0.403 e. The molecule has 1 aliphatic rings. The number of nitrogens with two attached hydrogens (primary N) is 2. The molecule has 0 bridgehead atoms. The maximum absolute atomic E-state index is 5.35. The zero-order valence-electron chi connectivity index (χ0n) is 21.0. The van der Waals surface area contributed by atoms with Gasteiger partial charge in [0.15, 0.2) is 0 Å². The fraction of sp³-hybridized carbons (Fsp3) is 0.357. The van der Waals surface area contributed by atoms with Crippen molar-refractivity contribution in [3.05, 3.63) is 109 Å². The minimum atomic E-state index is 0.517. The van der Waals surface area contributed by atoms with Gasteiger partial charge in [0, 0.05) is 49.8 Å². The Morgan fingerprint density at radius 2 is 1.68 bits per heavy atom. The van der Waals surface area contributed by atoms with Gasteiger partial charge in [-0.2, -0.15) is 0 Å². The molecule has 1 atom stereocenters. The first kappa shape index (κ1) is 29.0. The summed E-state index contributed by atoms with van der Waals surface area (Å²) in [4.78, 5) is 2.38. The van der Waals surface area contributed by atoms with E-state index in [9.17, 15) is 0 Å². The highest BCUT2D eigenvalue weighted by Gasteiger charge is 2.22. The second-order valence-electron chi connectivity index (χ2n) is 8.08. The summed E-state index contributed by atoms with van der Waals surface area (Å²) in [6, 6.07) is 21.0. The number of nitrogens with zero attached hydrogens (tertiary/aromatic N) is 1. The Bertz CT molecular complexity index is 819. The lowest BCUT2D eigenvalue weighted by molar-refractivity contribution is 0.334. The summed E-state index contributed by atoms with van der Waals surface area (Å²) in [5, 5.41) is 9.49. The highest BCUT2D eigenvalue weighted by atomic mass is 15.2. The first-order valence-corrected chi connectivity index (χ1v) is 11.9. The quantitative estimate of drug-likeness (QED) is 0.347. The lowest BCUT2D eigenvalue weighted by atomic mass is 10.1. The van der Waals surface area contributed by atoms with Gasteiger partial charge in [0.2, 0.25) is 0 Å². The van der Waals surface area contributed by atoms with E-state index in [0.29, 0.717) is 12.6 Å². The maximum Gasteiger partial charge on any atom is 0.0486 e. The van der Waals surface area contributed by atoms with Gasteiger partial charge in [-0.25, -0.2) is 0 Å². The van der Waals surface area contributed by atoms with Crippen LogP contribution in [0.25, 0.3) is 0 Å². The topological polar surface area (TPSA) is 91.4 Å². The van der Waals surface area contributed by atoms with E-state index in [1.165, 1.54) is 30.5 Å². The monoisotopic (exact) mass is 464 g/mol. The van der Waals surface area contributed by atoms with Crippen molar-refractivity contribution in [2.75, 3.05) is 33.7 Å². The van der Waals surface area contributed by atoms with E-state index < -0.39 is 0 Å². The summed E-state index contributed by atoms with van der Waals surface area (Å²) in [6.45, 7) is 12.0. The van der Waals surface area contributed by atoms with Gasteiger partial charge < -0.3 is 27.4 Å². The Hall–Kier alpha value is -3.06. The van der Waals surface area contributed by atoms with Gasteiger partial charge in [0.1, 0.15) is 0 Å². The van der Waals surface area contributed by atoms with Crippen LogP contribution in [0.15, 0.2) is 97.5 Å². The molecule has 1 saturated heterocycles. The molecular formula is C28H44N6. The molecule has 186 valence electrons. The van der Waals surface area contributed by atoms with E-state index in [0.717, 1.165) is 31.0 Å². The van der Waals surface area contributed by atoms with Gasteiger partial charge in [-0.3, -0.25) is 4.90 Å². The number of hydrogen-bond donors (Lipinski definition) is 5. The van der Waals surface area contributed by atoms with Crippen LogP contribution in [0.2, 0.25) is 0 Å². The standard InChI is InChI=1S/C14H20N2.C7H15N3.C7H9N/c1-12(14-9-6-10-16(14)2)15-11-13-7-4-3-5-8-13;1-3-4-10-7(5-8)6-9-2;8-6-7-4-2-1-3-5-7/h3-5,7-8,14-15H,1,6,9-11H2,2H3;3,5,9-10H,1,4,6,8H2,2H3;1-5H,6,8H2/b;7-5-;. The van der Waals surface area contributed by atoms with E-state index in [1.54, 1.807) is 12.3 Å². The van der Waals surface area contributed by atoms with Crippen LogP contribution >= 0.6 is 0 Å². The first-order valence-electron chi connectivity index (χ1n) is 11.9. The van der Waals surface area contributed by atoms with Crippen LogP contribution in [0, 0.1) is 0 Å². The molecule has 0 amide bonds. The van der Waals surface area contributed by atoms with Crippen LogP contribution in [0.3, 0.4) is 0 Å². The number of nitrogens with one attached hydrogen (secondary N) is 3. The lowest BCUT2D eigenvalue weighted by Gasteiger charge is -2.22. The van der Waals surface area contributed by atoms with Crippen molar-refractivity contribution in [3.63, 3.8) is 0 Å². The predicted octanol–water partition coefficient (Wildman–Crippen LogP) is 3.31. The van der Waals surface area contributed by atoms with E-state index in [4.69, 9.17) is 11.5 Å². The van der Waals surface area contributed by atoms with Gasteiger partial charge in [-0.15, -0.1) is 6.58 Å². The molecule has 1 heterocycles. The third-order valence-electron chi connectivity index (χ3n) is 5.41. The molecule has 0 radical (unpaired) electrons. The highest BCUT2D eigenvalue weighted by Crippen LogP contribution is 2.19. The molecule has 0 aromatic heterocycles. The molecule has 0 spiro atoms. The number of likely N-dealkylation sites (tertiary alicyclic amines) is 1. The Kier molecular flexibility index (Phi) is 15.7. The third kappa shape index (κ3) is 12.3. The molecule has 7 N–H and O–H groups in total.